The van der Waals surface area contributed by atoms with Gasteiger partial charge in [-0.15, -0.1) is 10.2 Å². The van der Waals surface area contributed by atoms with Crippen LogP contribution in [0.3, 0.4) is 0 Å². The second kappa shape index (κ2) is 5.68. The van der Waals surface area contributed by atoms with Gasteiger partial charge in [-0.25, -0.2) is 0 Å². The van der Waals surface area contributed by atoms with Gasteiger partial charge in [-0.2, -0.15) is 0 Å². The molecule has 0 unspecified atom stereocenters. The first-order valence-electron chi connectivity index (χ1n) is 6.00. The molecule has 0 aliphatic carbocycles. The molecule has 2 heterocycles. The van der Waals surface area contributed by atoms with E-state index in [1.165, 1.54) is 20.2 Å². The van der Waals surface area contributed by atoms with Crippen LogP contribution in [0, 0.1) is 0 Å². The highest BCUT2D eigenvalue weighted by atomic mass is 16.5. The number of hydrogen-bond acceptors (Lipinski definition) is 7. The molecule has 0 saturated heterocycles. The molecule has 116 valence electrons. The van der Waals surface area contributed by atoms with Gasteiger partial charge in [-0.1, -0.05) is 0 Å². The summed E-state index contributed by atoms with van der Waals surface area (Å²) in [5.41, 5.74) is -1.35. The van der Waals surface area contributed by atoms with Gasteiger partial charge in [0.05, 0.1) is 12.5 Å². The Morgan fingerprint density at radius 1 is 1.41 bits per heavy atom. The number of ether oxygens (including phenoxy) is 1. The van der Waals surface area contributed by atoms with Crippen LogP contribution in [0.2, 0.25) is 0 Å². The first-order chi connectivity index (χ1) is 10.4. The van der Waals surface area contributed by atoms with Gasteiger partial charge in [0.25, 0.3) is 11.5 Å². The van der Waals surface area contributed by atoms with E-state index in [1.807, 2.05) is 5.32 Å². The quantitative estimate of drug-likeness (QED) is 0.642. The van der Waals surface area contributed by atoms with Crippen LogP contribution < -0.4 is 15.6 Å². The monoisotopic (exact) mass is 308 g/mol. The van der Waals surface area contributed by atoms with Crippen LogP contribution in [-0.2, 0) is 11.8 Å². The van der Waals surface area contributed by atoms with Crippen molar-refractivity contribution in [3.8, 4) is 11.6 Å². The Morgan fingerprint density at radius 3 is 2.68 bits per heavy atom. The first-order valence-corrected chi connectivity index (χ1v) is 6.00. The fourth-order valence-electron chi connectivity index (χ4n) is 1.84. The van der Waals surface area contributed by atoms with Crippen molar-refractivity contribution >= 4 is 22.9 Å². The van der Waals surface area contributed by atoms with Gasteiger partial charge in [0.2, 0.25) is 5.88 Å². The predicted molar refractivity (Wildman–Crippen MR) is 73.0 cm³/mol. The average molecular weight is 308 g/mol. The Bertz CT molecular complexity index is 828. The molecule has 0 radical (unpaired) electrons. The Labute approximate surface area is 123 Å². The number of carbonyl (C=O) groups is 2. The molecule has 0 atom stereocenters. The van der Waals surface area contributed by atoms with Gasteiger partial charge in [0.1, 0.15) is 17.9 Å². The molecule has 0 fully saturated rings. The Balaban J connectivity index is 2.66. The molecule has 2 rings (SSSR count). The van der Waals surface area contributed by atoms with Gasteiger partial charge in [-0.05, 0) is 0 Å². The number of aromatic nitrogens is 3. The molecule has 22 heavy (non-hydrogen) atoms. The summed E-state index contributed by atoms with van der Waals surface area (Å²) in [5, 5.41) is 28.2. The third-order valence-electron chi connectivity index (χ3n) is 2.92. The number of nitrogens with zero attached hydrogens (tertiary/aromatic N) is 3. The maximum absolute atomic E-state index is 12.1. The zero-order chi connectivity index (χ0) is 16.4. The molecule has 2 aromatic rings. The van der Waals surface area contributed by atoms with E-state index in [-0.39, 0.29) is 16.9 Å². The zero-order valence-electron chi connectivity index (χ0n) is 11.7. The maximum atomic E-state index is 12.1. The first kappa shape index (κ1) is 15.2. The number of carbonyl (C=O) groups excluding carboxylic acids is 1. The zero-order valence-corrected chi connectivity index (χ0v) is 11.7. The second-order valence-electron chi connectivity index (χ2n) is 4.29. The molecular formula is C12H12N4O6. The minimum atomic E-state index is -1.28. The summed E-state index contributed by atoms with van der Waals surface area (Å²) in [6.45, 7) is -0.683. The molecule has 1 amide bonds. The number of carboxylic acids is 1. The molecule has 0 spiro atoms. The molecule has 10 heteroatoms. The average Bonchev–Trinajstić information content (AvgIpc) is 2.50. The number of aliphatic carboxylic acids is 1. The van der Waals surface area contributed by atoms with E-state index in [4.69, 9.17) is 9.84 Å². The lowest BCUT2D eigenvalue weighted by molar-refractivity contribution is -0.135. The van der Waals surface area contributed by atoms with E-state index in [2.05, 4.69) is 10.2 Å². The summed E-state index contributed by atoms with van der Waals surface area (Å²) in [7, 11) is 2.69. The highest BCUT2D eigenvalue weighted by Gasteiger charge is 2.22. The lowest BCUT2D eigenvalue weighted by atomic mass is 10.1. The van der Waals surface area contributed by atoms with Gasteiger partial charge >= 0.3 is 5.97 Å². The summed E-state index contributed by atoms with van der Waals surface area (Å²) < 4.78 is 5.90. The number of pyridine rings is 1. The van der Waals surface area contributed by atoms with Gasteiger partial charge < -0.3 is 20.3 Å². The van der Waals surface area contributed by atoms with Gasteiger partial charge in [0.15, 0.2) is 5.65 Å². The molecule has 0 aromatic carbocycles. The summed E-state index contributed by atoms with van der Waals surface area (Å²) in [4.78, 5) is 34.5. The number of aryl methyl sites for hydroxylation is 1. The van der Waals surface area contributed by atoms with Crippen molar-refractivity contribution in [2.45, 2.75) is 0 Å². The molecule has 10 nitrogen and oxygen atoms in total. The number of rotatable bonds is 4. The van der Waals surface area contributed by atoms with Crippen molar-refractivity contribution in [2.75, 3.05) is 13.7 Å². The van der Waals surface area contributed by atoms with E-state index in [0.29, 0.717) is 0 Å². The van der Waals surface area contributed by atoms with Crippen molar-refractivity contribution in [2.24, 2.45) is 7.05 Å². The molecule has 0 bridgehead atoms. The highest BCUT2D eigenvalue weighted by molar-refractivity contribution is 6.02. The summed E-state index contributed by atoms with van der Waals surface area (Å²) in [6.07, 6.45) is 0. The predicted octanol–water partition coefficient (Wildman–Crippen LogP) is -1.14. The van der Waals surface area contributed by atoms with Crippen molar-refractivity contribution < 1.29 is 24.5 Å². The Kier molecular flexibility index (Phi) is 3.93. The molecule has 0 saturated carbocycles. The van der Waals surface area contributed by atoms with Crippen molar-refractivity contribution in [3.05, 3.63) is 22.0 Å². The van der Waals surface area contributed by atoms with E-state index in [1.54, 1.807) is 0 Å². The van der Waals surface area contributed by atoms with Crippen LogP contribution in [-0.4, -0.2) is 50.5 Å². The number of fused-ring (bicyclic) bond motifs is 1. The van der Waals surface area contributed by atoms with Crippen LogP contribution >= 0.6 is 0 Å². The fourth-order valence-corrected chi connectivity index (χ4v) is 1.84. The number of hydrogen-bond donors (Lipinski definition) is 3. The van der Waals surface area contributed by atoms with E-state index in [9.17, 15) is 19.5 Å². The SMILES string of the molecule is COc1cc2c(O)c(C(=O)NCC(=O)O)c(=O)n(C)c2nn1. The number of aromatic hydroxyl groups is 1. The number of nitrogens with one attached hydrogen (secondary N) is 1. The van der Waals surface area contributed by atoms with Gasteiger partial charge in [0, 0.05) is 13.1 Å². The Morgan fingerprint density at radius 2 is 2.09 bits per heavy atom. The third kappa shape index (κ3) is 2.53. The highest BCUT2D eigenvalue weighted by Crippen LogP contribution is 2.26. The third-order valence-corrected chi connectivity index (χ3v) is 2.92. The summed E-state index contributed by atoms with van der Waals surface area (Å²) in [6, 6.07) is 1.31. The molecular weight excluding hydrogens is 296 g/mol. The van der Waals surface area contributed by atoms with Gasteiger partial charge in [-0.3, -0.25) is 19.0 Å². The standard InChI is InChI=1S/C12H12N4O6/c1-16-10-5(3-6(22-2)14-15-10)9(19)8(12(16)21)11(20)13-4-7(17)18/h3,19H,4H2,1-2H3,(H,13,20)(H,17,18). The summed E-state index contributed by atoms with van der Waals surface area (Å²) in [5.74, 6) is -2.82. The number of carboxylic acid groups (broad SMARTS) is 1. The fraction of sp³-hybridized carbons (Fsp3) is 0.250. The van der Waals surface area contributed by atoms with E-state index < -0.39 is 35.3 Å². The smallest absolute Gasteiger partial charge is 0.322 e. The molecule has 0 aliphatic rings. The largest absolute Gasteiger partial charge is 0.506 e. The van der Waals surface area contributed by atoms with E-state index in [0.717, 1.165) is 4.57 Å². The normalized spacial score (nSPS) is 10.5. The van der Waals surface area contributed by atoms with Crippen LogP contribution in [0.25, 0.3) is 11.0 Å². The lowest BCUT2D eigenvalue weighted by Crippen LogP contribution is -2.35. The second-order valence-corrected chi connectivity index (χ2v) is 4.29. The number of amides is 1. The Hall–Kier alpha value is -3.17. The van der Waals surface area contributed by atoms with Crippen molar-refractivity contribution in [1.82, 2.24) is 20.1 Å². The van der Waals surface area contributed by atoms with Crippen molar-refractivity contribution in [3.63, 3.8) is 0 Å². The van der Waals surface area contributed by atoms with E-state index >= 15 is 0 Å². The number of methoxy groups -OCH3 is 1. The van der Waals surface area contributed by atoms with Crippen LogP contribution in [0.4, 0.5) is 0 Å². The molecule has 2 aromatic heterocycles. The van der Waals surface area contributed by atoms with Crippen molar-refractivity contribution in [1.29, 1.82) is 0 Å². The van der Waals surface area contributed by atoms with Crippen LogP contribution in [0.1, 0.15) is 10.4 Å². The van der Waals surface area contributed by atoms with Crippen LogP contribution in [0.15, 0.2) is 10.9 Å². The minimum absolute atomic E-state index is 0.0538. The maximum Gasteiger partial charge on any atom is 0.322 e. The molecule has 0 aliphatic heterocycles. The summed E-state index contributed by atoms with van der Waals surface area (Å²) >= 11 is 0. The lowest BCUT2D eigenvalue weighted by Gasteiger charge is -2.10. The van der Waals surface area contributed by atoms with Crippen LogP contribution in [0.5, 0.6) is 11.6 Å². The molecule has 3 N–H and O–H groups in total. The topological polar surface area (TPSA) is 144 Å². The minimum Gasteiger partial charge on any atom is -0.506 e.